The summed E-state index contributed by atoms with van der Waals surface area (Å²) >= 11 is 12.2. The van der Waals surface area contributed by atoms with Gasteiger partial charge in [0, 0.05) is 53.5 Å². The van der Waals surface area contributed by atoms with Crippen LogP contribution in [0.3, 0.4) is 0 Å². The van der Waals surface area contributed by atoms with Gasteiger partial charge in [0.1, 0.15) is 11.0 Å². The van der Waals surface area contributed by atoms with Crippen molar-refractivity contribution in [3.8, 4) is 33.9 Å². The molecule has 0 saturated carbocycles. The number of nitrogens with two attached hydrogens (primary N) is 1. The molecule has 41 heavy (non-hydrogen) atoms. The molecule has 2 saturated heterocycles. The average molecular weight is 582 g/mol. The first-order valence-corrected chi connectivity index (χ1v) is 14.3. The molecule has 7 nitrogen and oxygen atoms in total. The number of anilines is 2. The first kappa shape index (κ1) is 25.9. The van der Waals surface area contributed by atoms with E-state index in [2.05, 4.69) is 45.2 Å². The van der Waals surface area contributed by atoms with Crippen molar-refractivity contribution >= 4 is 34.7 Å². The highest BCUT2D eigenvalue weighted by Crippen LogP contribution is 2.41. The third-order valence-electron chi connectivity index (χ3n) is 7.71. The number of fused-ring (bicyclic) bond motifs is 2. The second-order valence-corrected chi connectivity index (χ2v) is 11.2. The molecule has 4 heterocycles. The van der Waals surface area contributed by atoms with E-state index in [4.69, 9.17) is 43.6 Å². The van der Waals surface area contributed by atoms with Crippen molar-refractivity contribution in [1.82, 2.24) is 19.9 Å². The quantitative estimate of drug-likeness (QED) is 0.137. The molecule has 0 aliphatic carbocycles. The Balaban J connectivity index is 1.20. The Morgan fingerprint density at radius 1 is 0.732 bits per heavy atom. The van der Waals surface area contributed by atoms with Crippen molar-refractivity contribution < 1.29 is 4.74 Å². The Labute approximate surface area is 248 Å². The summed E-state index contributed by atoms with van der Waals surface area (Å²) in [6.45, 7) is 1.49. The first-order valence-electron chi connectivity index (χ1n) is 13.5. The molecule has 2 bridgehead atoms. The Hall–Kier alpha value is -4.04. The molecule has 3 atom stereocenters. The Bertz CT molecular complexity index is 1700. The monoisotopic (exact) mass is 580 g/mol. The van der Waals surface area contributed by atoms with Crippen LogP contribution in [0.4, 0.5) is 11.5 Å². The zero-order valence-corrected chi connectivity index (χ0v) is 23.5. The number of halogens is 2. The van der Waals surface area contributed by atoms with Gasteiger partial charge in [0.05, 0.1) is 23.6 Å². The number of nitrogens with zero attached hydrogens (tertiary/aromatic N) is 5. The number of ether oxygens (including phenoxy) is 1. The molecule has 0 spiro atoms. The maximum Gasteiger partial charge on any atom is 0.224 e. The van der Waals surface area contributed by atoms with Crippen LogP contribution in [0.15, 0.2) is 91.0 Å². The van der Waals surface area contributed by atoms with Crippen molar-refractivity contribution in [1.29, 1.82) is 0 Å². The molecule has 7 rings (SSSR count). The highest BCUT2D eigenvalue weighted by molar-refractivity contribution is 6.32. The van der Waals surface area contributed by atoms with Crippen molar-refractivity contribution in [3.63, 3.8) is 0 Å². The van der Waals surface area contributed by atoms with Crippen LogP contribution in [0.2, 0.25) is 10.4 Å². The van der Waals surface area contributed by atoms with E-state index >= 15 is 0 Å². The number of hydrogen-bond acceptors (Lipinski definition) is 7. The summed E-state index contributed by atoms with van der Waals surface area (Å²) < 4.78 is 6.48. The normalized spacial score (nSPS) is 19.9. The highest BCUT2D eigenvalue weighted by atomic mass is 35.5. The number of aromatic nitrogens is 4. The van der Waals surface area contributed by atoms with E-state index in [9.17, 15) is 0 Å². The summed E-state index contributed by atoms with van der Waals surface area (Å²) in [4.78, 5) is 20.6. The highest BCUT2D eigenvalue weighted by Gasteiger charge is 2.42. The van der Waals surface area contributed by atoms with Gasteiger partial charge in [-0.1, -0.05) is 60.1 Å². The minimum Gasteiger partial charge on any atom is -0.399 e. The predicted molar refractivity (Wildman–Crippen MR) is 163 cm³/mol. The number of rotatable bonds is 5. The van der Waals surface area contributed by atoms with E-state index in [0.717, 1.165) is 47.7 Å². The van der Waals surface area contributed by atoms with Gasteiger partial charge >= 0.3 is 0 Å². The Morgan fingerprint density at radius 3 is 2.32 bits per heavy atom. The fourth-order valence-corrected chi connectivity index (χ4v) is 6.19. The van der Waals surface area contributed by atoms with Crippen molar-refractivity contribution in [2.75, 3.05) is 23.7 Å². The summed E-state index contributed by atoms with van der Waals surface area (Å²) in [6.07, 6.45) is 1.05. The maximum absolute atomic E-state index is 6.48. The summed E-state index contributed by atoms with van der Waals surface area (Å²) in [7, 11) is 0. The molecule has 0 radical (unpaired) electrons. The molecule has 2 N–H and O–H groups in total. The second kappa shape index (κ2) is 10.7. The molecule has 2 aromatic heterocycles. The lowest BCUT2D eigenvalue weighted by molar-refractivity contribution is 0.0264. The van der Waals surface area contributed by atoms with E-state index in [-0.39, 0.29) is 23.4 Å². The number of hydrogen-bond donors (Lipinski definition) is 1. The van der Waals surface area contributed by atoms with Gasteiger partial charge in [-0.25, -0.2) is 19.9 Å². The second-order valence-electron chi connectivity index (χ2n) is 10.4. The molecule has 3 unspecified atom stereocenters. The number of nitrogen functional groups attached to an aromatic ring is 1. The third kappa shape index (κ3) is 5.36. The molecule has 204 valence electrons. The van der Waals surface area contributed by atoms with Crippen LogP contribution < -0.4 is 10.6 Å². The smallest absolute Gasteiger partial charge is 0.224 e. The van der Waals surface area contributed by atoms with Gasteiger partial charge in [-0.05, 0) is 53.9 Å². The van der Waals surface area contributed by atoms with Crippen LogP contribution in [-0.2, 0) is 4.74 Å². The Kier molecular flexibility index (Phi) is 6.79. The molecule has 3 aromatic carbocycles. The lowest BCUT2D eigenvalue weighted by atomic mass is 9.90. The summed E-state index contributed by atoms with van der Waals surface area (Å²) in [5, 5.41) is 0.450. The Morgan fingerprint density at radius 2 is 1.51 bits per heavy atom. The van der Waals surface area contributed by atoms with E-state index in [1.807, 2.05) is 54.6 Å². The largest absolute Gasteiger partial charge is 0.399 e. The number of morpholine rings is 1. The summed E-state index contributed by atoms with van der Waals surface area (Å²) in [5.41, 5.74) is 12.4. The lowest BCUT2D eigenvalue weighted by Crippen LogP contribution is -2.43. The first-order chi connectivity index (χ1) is 20.0. The molecular weight excluding hydrogens is 555 g/mol. The van der Waals surface area contributed by atoms with Crippen molar-refractivity contribution in [3.05, 3.63) is 107 Å². The van der Waals surface area contributed by atoms with E-state index in [0.29, 0.717) is 22.4 Å². The predicted octanol–water partition coefficient (Wildman–Crippen LogP) is 6.92. The average Bonchev–Trinajstić information content (AvgIpc) is 3.30. The van der Waals surface area contributed by atoms with Gasteiger partial charge in [-0.15, -0.1) is 0 Å². The molecule has 9 heteroatoms. The zero-order valence-electron chi connectivity index (χ0n) is 22.0. The van der Waals surface area contributed by atoms with Crippen LogP contribution in [0.5, 0.6) is 0 Å². The van der Waals surface area contributed by atoms with Gasteiger partial charge in [0.25, 0.3) is 0 Å². The van der Waals surface area contributed by atoms with Crippen LogP contribution in [0.25, 0.3) is 33.9 Å². The SMILES string of the molecule is Nc1ccc(-c2nc(-c3ccccc3)cc(N3CC4CC(c5cccc(-c6cc(Cl)nc(Cl)n6)c5)C(C3)O4)n2)cc1. The van der Waals surface area contributed by atoms with Crippen LogP contribution in [-0.4, -0.2) is 45.2 Å². The zero-order chi connectivity index (χ0) is 27.9. The minimum atomic E-state index is 0.0247. The molecule has 2 fully saturated rings. The molecule has 5 aromatic rings. The lowest BCUT2D eigenvalue weighted by Gasteiger charge is -2.34. The standard InChI is InChI=1S/C32H26Cl2N6O/c33-29-15-26(37-32(34)38-29)22-8-4-7-21(13-22)25-14-24-17-40(18-28(25)41-24)30-16-27(19-5-2-1-3-6-19)36-31(39-30)20-9-11-23(35)12-10-20/h1-13,15-16,24-25,28H,14,17-18,35H2. The van der Waals surface area contributed by atoms with E-state index < -0.39 is 0 Å². The van der Waals surface area contributed by atoms with Crippen LogP contribution >= 0.6 is 23.2 Å². The molecule has 2 aliphatic heterocycles. The minimum absolute atomic E-state index is 0.0247. The van der Waals surface area contributed by atoms with Gasteiger partial charge in [0.2, 0.25) is 5.28 Å². The fourth-order valence-electron chi connectivity index (χ4n) is 5.78. The molecular formula is C32H26Cl2N6O. The van der Waals surface area contributed by atoms with Crippen molar-refractivity contribution in [2.45, 2.75) is 24.5 Å². The van der Waals surface area contributed by atoms with Gasteiger partial charge in [-0.3, -0.25) is 0 Å². The van der Waals surface area contributed by atoms with Gasteiger partial charge in [-0.2, -0.15) is 0 Å². The van der Waals surface area contributed by atoms with Gasteiger partial charge < -0.3 is 15.4 Å². The van der Waals surface area contributed by atoms with E-state index in [1.54, 1.807) is 6.07 Å². The van der Waals surface area contributed by atoms with Crippen molar-refractivity contribution in [2.24, 2.45) is 0 Å². The number of benzene rings is 3. The molecule has 2 aliphatic rings. The maximum atomic E-state index is 6.48. The topological polar surface area (TPSA) is 90.1 Å². The summed E-state index contributed by atoms with van der Waals surface area (Å²) in [6, 6.07) is 30.1. The van der Waals surface area contributed by atoms with Gasteiger partial charge in [0.15, 0.2) is 5.82 Å². The molecule has 0 amide bonds. The van der Waals surface area contributed by atoms with E-state index in [1.165, 1.54) is 5.56 Å². The van der Waals surface area contributed by atoms with Crippen LogP contribution in [0.1, 0.15) is 17.9 Å². The third-order valence-corrected chi connectivity index (χ3v) is 8.07. The van der Waals surface area contributed by atoms with Crippen LogP contribution in [0, 0.1) is 0 Å². The fraction of sp³-hybridized carbons (Fsp3) is 0.188. The summed E-state index contributed by atoms with van der Waals surface area (Å²) in [5.74, 6) is 1.81.